The van der Waals surface area contributed by atoms with Gasteiger partial charge in [-0.2, -0.15) is 0 Å². The zero-order chi connectivity index (χ0) is 15.3. The van der Waals surface area contributed by atoms with Crippen molar-refractivity contribution in [3.05, 3.63) is 63.7 Å². The number of hydrogen-bond donors (Lipinski definition) is 2. The fourth-order valence-corrected chi connectivity index (χ4v) is 3.49. The number of allylic oxidation sites excluding steroid dienone is 3. The number of fused-ring (bicyclic) bond motifs is 5. The van der Waals surface area contributed by atoms with Crippen molar-refractivity contribution >= 4 is 95.9 Å². The summed E-state index contributed by atoms with van der Waals surface area (Å²) in [6.07, 6.45) is 10.2. The number of phosphoric ester groups is 1. The summed E-state index contributed by atoms with van der Waals surface area (Å²) in [5.41, 5.74) is 2.38. The first-order valence-electron chi connectivity index (χ1n) is 6.91. The average molecular weight is 360 g/mol. The van der Waals surface area contributed by atoms with Crippen molar-refractivity contribution in [1.29, 1.82) is 0 Å². The van der Waals surface area contributed by atoms with Gasteiger partial charge >= 0.3 is 66.9 Å². The molecular formula is C17H15Na2O4P. The Morgan fingerprint density at radius 3 is 2.46 bits per heavy atom. The molecule has 2 N–H and O–H groups in total. The first-order valence-corrected chi connectivity index (χ1v) is 8.44. The van der Waals surface area contributed by atoms with E-state index in [-0.39, 0.29) is 64.9 Å². The molecule has 0 fully saturated rings. The fraction of sp³-hybridized carbons (Fsp3) is 0.0588. The predicted molar refractivity (Wildman–Crippen MR) is 100 cm³/mol. The molecule has 0 aromatic heterocycles. The van der Waals surface area contributed by atoms with E-state index in [0.717, 1.165) is 10.8 Å². The van der Waals surface area contributed by atoms with Crippen molar-refractivity contribution in [1.82, 2.24) is 0 Å². The van der Waals surface area contributed by atoms with E-state index < -0.39 is 7.82 Å². The number of rotatable bonds is 2. The van der Waals surface area contributed by atoms with Gasteiger partial charge in [0.25, 0.3) is 0 Å². The molecule has 2 aromatic carbocycles. The monoisotopic (exact) mass is 360 g/mol. The van der Waals surface area contributed by atoms with Crippen LogP contribution in [0.4, 0.5) is 0 Å². The third kappa shape index (κ3) is 3.83. The summed E-state index contributed by atoms with van der Waals surface area (Å²) in [7, 11) is -4.52. The van der Waals surface area contributed by atoms with Gasteiger partial charge in [-0.25, -0.2) is 4.57 Å². The summed E-state index contributed by atoms with van der Waals surface area (Å²) in [5, 5.41) is 4.51. The van der Waals surface area contributed by atoms with Gasteiger partial charge in [-0.3, -0.25) is 9.79 Å². The number of hydrogen-bond acceptors (Lipinski definition) is 2. The predicted octanol–water partition coefficient (Wildman–Crippen LogP) is 0.680. The molecule has 7 heteroatoms. The van der Waals surface area contributed by atoms with Gasteiger partial charge in [0.05, 0.1) is 0 Å². The molecule has 0 atom stereocenters. The molecule has 2 aliphatic rings. The van der Waals surface area contributed by atoms with Crippen molar-refractivity contribution in [3.8, 4) is 0 Å². The van der Waals surface area contributed by atoms with E-state index in [1.165, 1.54) is 21.6 Å². The first-order chi connectivity index (χ1) is 10.5. The van der Waals surface area contributed by atoms with Crippen LogP contribution in [-0.4, -0.2) is 68.9 Å². The summed E-state index contributed by atoms with van der Waals surface area (Å²) in [5.74, 6) is 0.217. The van der Waals surface area contributed by atoms with Crippen LogP contribution < -0.4 is 10.4 Å². The fourth-order valence-electron chi connectivity index (χ4n) is 3.08. The number of benzene rings is 2. The normalized spacial score (nSPS) is 14.3. The van der Waals surface area contributed by atoms with Gasteiger partial charge < -0.3 is 4.52 Å². The van der Waals surface area contributed by atoms with Gasteiger partial charge in [0.2, 0.25) is 0 Å². The van der Waals surface area contributed by atoms with Gasteiger partial charge in [0.15, 0.2) is 0 Å². The second kappa shape index (κ2) is 7.63. The van der Waals surface area contributed by atoms with Gasteiger partial charge in [0, 0.05) is 0 Å². The molecule has 0 unspecified atom stereocenters. The van der Waals surface area contributed by atoms with E-state index >= 15 is 0 Å². The molecule has 114 valence electrons. The van der Waals surface area contributed by atoms with Crippen LogP contribution in [0.2, 0.25) is 0 Å². The van der Waals surface area contributed by atoms with E-state index in [2.05, 4.69) is 28.8 Å². The van der Waals surface area contributed by atoms with Gasteiger partial charge in [-0.05, 0) is 50.9 Å². The molecule has 0 aliphatic heterocycles. The minimum atomic E-state index is -4.52. The Balaban J connectivity index is 0.00000104. The molecule has 4 nitrogen and oxygen atoms in total. The van der Waals surface area contributed by atoms with Crippen LogP contribution in [0.15, 0.2) is 42.2 Å². The third-order valence-electron chi connectivity index (χ3n) is 3.99. The Morgan fingerprint density at radius 1 is 1.00 bits per heavy atom. The Kier molecular flexibility index (Phi) is 6.41. The molecule has 2 aliphatic carbocycles. The molecule has 24 heavy (non-hydrogen) atoms. The van der Waals surface area contributed by atoms with Crippen LogP contribution in [0.5, 0.6) is 0 Å². The van der Waals surface area contributed by atoms with E-state index in [1.807, 2.05) is 18.2 Å². The molecular weight excluding hydrogens is 345 g/mol. The molecule has 4 rings (SSSR count). The van der Waals surface area contributed by atoms with Crippen molar-refractivity contribution in [2.45, 2.75) is 6.42 Å². The maximum atomic E-state index is 11.0. The summed E-state index contributed by atoms with van der Waals surface area (Å²) in [6, 6.07) is 8.23. The van der Waals surface area contributed by atoms with Crippen LogP contribution in [0.25, 0.3) is 29.0 Å². The van der Waals surface area contributed by atoms with Crippen molar-refractivity contribution in [2.24, 2.45) is 0 Å². The van der Waals surface area contributed by atoms with Gasteiger partial charge in [-0.15, -0.1) is 0 Å². The topological polar surface area (TPSA) is 66.8 Å². The summed E-state index contributed by atoms with van der Waals surface area (Å²) in [4.78, 5) is 17.8. The zero-order valence-corrected chi connectivity index (χ0v) is 12.5. The second-order valence-corrected chi connectivity index (χ2v) is 6.52. The second-order valence-electron chi connectivity index (χ2n) is 5.36. The Hall–Kier alpha value is -0.130. The molecule has 0 radical (unpaired) electrons. The van der Waals surface area contributed by atoms with Crippen LogP contribution >= 0.6 is 7.82 Å². The summed E-state index contributed by atoms with van der Waals surface area (Å²) in [6.45, 7) is 0. The molecule has 0 heterocycles. The Labute approximate surface area is 183 Å². The van der Waals surface area contributed by atoms with Crippen LogP contribution in [0.3, 0.4) is 0 Å². The van der Waals surface area contributed by atoms with E-state index in [1.54, 1.807) is 12.2 Å². The van der Waals surface area contributed by atoms with Crippen LogP contribution in [0.1, 0.15) is 11.1 Å². The maximum absolute atomic E-state index is 11.0. The SMILES string of the molecule is O=P(O)(O)OC1=CCc2c(ccc3c4c(ccc23)=CC=C4)=C1.[NaH].[NaH]. The van der Waals surface area contributed by atoms with Crippen LogP contribution in [-0.2, 0) is 15.5 Å². The standard InChI is InChI=1S/C17H13O4P.2Na.2H/c18-22(19,20)21-13-6-9-15-12(10-13)5-8-16-14-3-1-2-11(14)4-7-17(15)16;;;;/h1-8,10H,9H2,(H2,18,19,20);;;;. The quantitative estimate of drug-likeness (QED) is 0.611. The summed E-state index contributed by atoms with van der Waals surface area (Å²) >= 11 is 0. The molecule has 0 saturated carbocycles. The molecule has 0 bridgehead atoms. The van der Waals surface area contributed by atoms with Gasteiger partial charge in [0.1, 0.15) is 5.76 Å². The number of phosphoric acid groups is 1. The molecule has 0 amide bonds. The Bertz CT molecular complexity index is 1030. The van der Waals surface area contributed by atoms with Crippen molar-refractivity contribution in [3.63, 3.8) is 0 Å². The Morgan fingerprint density at radius 2 is 1.71 bits per heavy atom. The third-order valence-corrected chi connectivity index (χ3v) is 4.44. The van der Waals surface area contributed by atoms with E-state index in [4.69, 9.17) is 9.79 Å². The van der Waals surface area contributed by atoms with E-state index in [9.17, 15) is 4.57 Å². The van der Waals surface area contributed by atoms with E-state index in [0.29, 0.717) is 6.42 Å². The molecule has 2 aromatic rings. The molecule has 0 spiro atoms. The summed E-state index contributed by atoms with van der Waals surface area (Å²) < 4.78 is 15.6. The van der Waals surface area contributed by atoms with Crippen LogP contribution in [0, 0.1) is 0 Å². The van der Waals surface area contributed by atoms with Gasteiger partial charge in [-0.1, -0.05) is 42.5 Å². The van der Waals surface area contributed by atoms with Crippen molar-refractivity contribution < 1.29 is 18.9 Å². The zero-order valence-electron chi connectivity index (χ0n) is 11.6. The molecule has 0 saturated heterocycles. The average Bonchev–Trinajstić information content (AvgIpc) is 2.93. The minimum absolute atomic E-state index is 0. The van der Waals surface area contributed by atoms with Crippen molar-refractivity contribution in [2.75, 3.05) is 0 Å². The first kappa shape index (κ1) is 20.2.